The number of aryl methyl sites for hydroxylation is 1. The molecule has 1 aliphatic heterocycles. The van der Waals surface area contributed by atoms with E-state index in [1.54, 1.807) is 0 Å². The lowest BCUT2D eigenvalue weighted by Gasteiger charge is -2.34. The van der Waals surface area contributed by atoms with Gasteiger partial charge in [0.1, 0.15) is 0 Å². The van der Waals surface area contributed by atoms with Gasteiger partial charge in [0, 0.05) is 30.3 Å². The van der Waals surface area contributed by atoms with E-state index >= 15 is 0 Å². The van der Waals surface area contributed by atoms with Gasteiger partial charge in [-0.15, -0.1) is 10.2 Å². The lowest BCUT2D eigenvalue weighted by molar-refractivity contribution is -0.123. The Hall–Kier alpha value is -3.99. The molecule has 3 aromatic carbocycles. The first-order chi connectivity index (χ1) is 17.2. The molecule has 0 N–H and O–H groups in total. The first kappa shape index (κ1) is 22.8. The number of benzene rings is 3. The molecule has 1 aromatic heterocycles. The molecule has 35 heavy (non-hydrogen) atoms. The van der Waals surface area contributed by atoms with E-state index < -0.39 is 0 Å². The molecule has 0 saturated carbocycles. The van der Waals surface area contributed by atoms with Gasteiger partial charge < -0.3 is 9.80 Å². The van der Waals surface area contributed by atoms with Gasteiger partial charge in [0.15, 0.2) is 5.82 Å². The Morgan fingerprint density at radius 3 is 2.14 bits per heavy atom. The lowest BCUT2D eigenvalue weighted by Crippen LogP contribution is -2.42. The number of aromatic nitrogens is 2. The molecule has 0 bridgehead atoms. The van der Waals surface area contributed by atoms with Gasteiger partial charge in [0.05, 0.1) is 12.2 Å². The van der Waals surface area contributed by atoms with Crippen LogP contribution in [0.1, 0.15) is 24.0 Å². The summed E-state index contributed by atoms with van der Waals surface area (Å²) in [6.45, 7) is 4.25. The fourth-order valence-corrected chi connectivity index (χ4v) is 4.74. The molecule has 176 valence electrons. The summed E-state index contributed by atoms with van der Waals surface area (Å²) in [6, 6.07) is 32.5. The van der Waals surface area contributed by atoms with Gasteiger partial charge in [-0.1, -0.05) is 72.8 Å². The minimum atomic E-state index is -0.00521. The van der Waals surface area contributed by atoms with Crippen molar-refractivity contribution in [3.8, 4) is 11.3 Å². The predicted octanol–water partition coefficient (Wildman–Crippen LogP) is 5.90. The SMILES string of the molecule is Cc1ccccc1-c1ccc(N2CCC(C(=O)N(Cc3ccccc3)c3ccccc3)CC2)nn1. The second-order valence-corrected chi connectivity index (χ2v) is 9.10. The minimum Gasteiger partial charge on any atom is -0.355 e. The average Bonchev–Trinajstić information content (AvgIpc) is 2.93. The number of amides is 1. The third kappa shape index (κ3) is 5.24. The molecule has 0 radical (unpaired) electrons. The number of carbonyl (C=O) groups excluding carboxylic acids is 1. The lowest BCUT2D eigenvalue weighted by atomic mass is 9.94. The molecule has 1 amide bonds. The first-order valence-electron chi connectivity index (χ1n) is 12.2. The van der Waals surface area contributed by atoms with Crippen molar-refractivity contribution in [2.75, 3.05) is 22.9 Å². The van der Waals surface area contributed by atoms with Crippen LogP contribution in [0.3, 0.4) is 0 Å². The maximum atomic E-state index is 13.7. The van der Waals surface area contributed by atoms with Crippen LogP contribution in [0.4, 0.5) is 11.5 Å². The van der Waals surface area contributed by atoms with Crippen molar-refractivity contribution in [2.24, 2.45) is 5.92 Å². The van der Waals surface area contributed by atoms with Crippen molar-refractivity contribution >= 4 is 17.4 Å². The van der Waals surface area contributed by atoms with Crippen molar-refractivity contribution in [1.82, 2.24) is 10.2 Å². The van der Waals surface area contributed by atoms with Gasteiger partial charge in [0.25, 0.3) is 0 Å². The van der Waals surface area contributed by atoms with Crippen LogP contribution in [0.5, 0.6) is 0 Å². The van der Waals surface area contributed by atoms with Crippen LogP contribution in [0.25, 0.3) is 11.3 Å². The summed E-state index contributed by atoms with van der Waals surface area (Å²) in [7, 11) is 0. The summed E-state index contributed by atoms with van der Waals surface area (Å²) >= 11 is 0. The molecule has 2 heterocycles. The molecule has 5 nitrogen and oxygen atoms in total. The Bertz CT molecular complexity index is 1250. The Morgan fingerprint density at radius 2 is 1.49 bits per heavy atom. The van der Waals surface area contributed by atoms with Crippen molar-refractivity contribution < 1.29 is 4.79 Å². The van der Waals surface area contributed by atoms with Gasteiger partial charge in [-0.3, -0.25) is 4.79 Å². The highest BCUT2D eigenvalue weighted by Crippen LogP contribution is 2.28. The summed E-state index contributed by atoms with van der Waals surface area (Å²) < 4.78 is 0. The van der Waals surface area contributed by atoms with Crippen LogP contribution in [0.2, 0.25) is 0 Å². The second kappa shape index (κ2) is 10.5. The summed E-state index contributed by atoms with van der Waals surface area (Å²) in [5.41, 5.74) is 5.26. The molecule has 0 atom stereocenters. The van der Waals surface area contributed by atoms with Crippen LogP contribution >= 0.6 is 0 Å². The average molecular weight is 463 g/mol. The number of hydrogen-bond acceptors (Lipinski definition) is 4. The highest BCUT2D eigenvalue weighted by atomic mass is 16.2. The monoisotopic (exact) mass is 462 g/mol. The molecular formula is C30H30N4O. The van der Waals surface area contributed by atoms with Crippen molar-refractivity contribution in [3.63, 3.8) is 0 Å². The fraction of sp³-hybridized carbons (Fsp3) is 0.233. The number of carbonyl (C=O) groups is 1. The normalized spacial score (nSPS) is 14.0. The second-order valence-electron chi connectivity index (χ2n) is 9.10. The topological polar surface area (TPSA) is 49.3 Å². The third-order valence-electron chi connectivity index (χ3n) is 6.76. The van der Waals surface area contributed by atoms with E-state index in [4.69, 9.17) is 0 Å². The van der Waals surface area contributed by atoms with Crippen LogP contribution in [-0.4, -0.2) is 29.2 Å². The third-order valence-corrected chi connectivity index (χ3v) is 6.76. The Morgan fingerprint density at radius 1 is 0.829 bits per heavy atom. The van der Waals surface area contributed by atoms with E-state index in [-0.39, 0.29) is 11.8 Å². The van der Waals surface area contributed by atoms with Crippen LogP contribution < -0.4 is 9.80 Å². The van der Waals surface area contributed by atoms with E-state index in [0.29, 0.717) is 6.54 Å². The van der Waals surface area contributed by atoms with E-state index in [2.05, 4.69) is 46.3 Å². The molecule has 1 fully saturated rings. The van der Waals surface area contributed by atoms with Crippen LogP contribution in [0, 0.1) is 12.8 Å². The number of piperidine rings is 1. The van der Waals surface area contributed by atoms with E-state index in [0.717, 1.165) is 54.3 Å². The zero-order chi connectivity index (χ0) is 24.0. The molecule has 5 heteroatoms. The van der Waals surface area contributed by atoms with E-state index in [9.17, 15) is 4.79 Å². The minimum absolute atomic E-state index is 0.00521. The predicted molar refractivity (Wildman–Crippen MR) is 141 cm³/mol. The summed E-state index contributed by atoms with van der Waals surface area (Å²) in [4.78, 5) is 17.8. The molecule has 4 aromatic rings. The van der Waals surface area contributed by atoms with Gasteiger partial charge in [-0.2, -0.15) is 0 Å². The van der Waals surface area contributed by atoms with Gasteiger partial charge in [0.2, 0.25) is 5.91 Å². The molecule has 0 spiro atoms. The zero-order valence-corrected chi connectivity index (χ0v) is 20.0. The quantitative estimate of drug-likeness (QED) is 0.358. The van der Waals surface area contributed by atoms with Crippen molar-refractivity contribution in [3.05, 3.63) is 108 Å². The molecule has 0 aliphatic carbocycles. The smallest absolute Gasteiger partial charge is 0.230 e. The highest BCUT2D eigenvalue weighted by molar-refractivity contribution is 5.95. The number of hydrogen-bond donors (Lipinski definition) is 0. The number of para-hydroxylation sites is 1. The van der Waals surface area contributed by atoms with Crippen LogP contribution in [-0.2, 0) is 11.3 Å². The molecule has 0 unspecified atom stereocenters. The largest absolute Gasteiger partial charge is 0.355 e. The molecule has 5 rings (SSSR count). The van der Waals surface area contributed by atoms with Crippen LogP contribution in [0.15, 0.2) is 97.1 Å². The van der Waals surface area contributed by atoms with E-state index in [1.165, 1.54) is 5.56 Å². The first-order valence-corrected chi connectivity index (χ1v) is 12.2. The number of nitrogens with zero attached hydrogens (tertiary/aromatic N) is 4. The molecular weight excluding hydrogens is 432 g/mol. The number of anilines is 2. The Balaban J connectivity index is 1.26. The van der Waals surface area contributed by atoms with Gasteiger partial charge >= 0.3 is 0 Å². The summed E-state index contributed by atoms with van der Waals surface area (Å²) in [5, 5.41) is 9.00. The Kier molecular flexibility index (Phi) is 6.85. The van der Waals surface area contributed by atoms with Gasteiger partial charge in [-0.25, -0.2) is 0 Å². The zero-order valence-electron chi connectivity index (χ0n) is 20.0. The Labute approximate surface area is 207 Å². The highest BCUT2D eigenvalue weighted by Gasteiger charge is 2.30. The summed E-state index contributed by atoms with van der Waals surface area (Å²) in [5.74, 6) is 1.06. The van der Waals surface area contributed by atoms with Crippen molar-refractivity contribution in [1.29, 1.82) is 0 Å². The maximum Gasteiger partial charge on any atom is 0.230 e. The standard InChI is InChI=1S/C30H30N4O/c1-23-10-8-9-15-27(23)28-16-17-29(32-31-28)33-20-18-25(19-21-33)30(35)34(26-13-6-3-7-14-26)22-24-11-4-2-5-12-24/h2-17,25H,18-22H2,1H3. The fourth-order valence-electron chi connectivity index (χ4n) is 4.74. The maximum absolute atomic E-state index is 13.7. The molecule has 1 saturated heterocycles. The summed E-state index contributed by atoms with van der Waals surface area (Å²) in [6.07, 6.45) is 1.61. The molecule has 1 aliphatic rings. The van der Waals surface area contributed by atoms with E-state index in [1.807, 2.05) is 77.7 Å². The van der Waals surface area contributed by atoms with Gasteiger partial charge in [-0.05, 0) is 55.2 Å². The van der Waals surface area contributed by atoms with Crippen molar-refractivity contribution in [2.45, 2.75) is 26.3 Å². The number of rotatable bonds is 6.